The topological polar surface area (TPSA) is 60.4 Å². The summed E-state index contributed by atoms with van der Waals surface area (Å²) in [6.45, 7) is 19.2. The van der Waals surface area contributed by atoms with Crippen molar-refractivity contribution in [3.05, 3.63) is 0 Å². The zero-order valence-electron chi connectivity index (χ0n) is 29.6. The summed E-state index contributed by atoms with van der Waals surface area (Å²) in [5.41, 5.74) is 0.511. The van der Waals surface area contributed by atoms with Crippen LogP contribution < -0.4 is 0 Å². The number of esters is 1. The molecule has 0 amide bonds. The summed E-state index contributed by atoms with van der Waals surface area (Å²) in [5.74, 6) is 4.25. The molecular weight excluding hydrogens is 544 g/mol. The van der Waals surface area contributed by atoms with E-state index in [1.165, 1.54) is 44.9 Å². The molecule has 0 aliphatic heterocycles. The van der Waals surface area contributed by atoms with Crippen LogP contribution in [-0.4, -0.2) is 23.6 Å². The van der Waals surface area contributed by atoms with Crippen molar-refractivity contribution in [3.63, 3.8) is 0 Å². The quantitative estimate of drug-likeness (QED) is 0.270. The van der Waals surface area contributed by atoms with E-state index in [0.717, 1.165) is 44.9 Å². The second-order valence-electron chi connectivity index (χ2n) is 18.7. The van der Waals surface area contributed by atoms with Crippen LogP contribution in [0.5, 0.6) is 0 Å². The Kier molecular flexibility index (Phi) is 8.34. The SMILES string of the molecule is CC(=O)CCC(=O)[C@]12CCC(C(C)C)C1C1CCC3[C@@]4(C)CC[C@@H](OC(=O)C5CCCC5)C(C)(C)C4CC[C@@]3(C)[C@]1(C)CC2. The van der Waals surface area contributed by atoms with E-state index in [1.807, 2.05) is 0 Å². The molecule has 0 aromatic rings. The highest BCUT2D eigenvalue weighted by Crippen LogP contribution is 2.77. The maximum Gasteiger partial charge on any atom is 0.309 e. The molecule has 0 aromatic heterocycles. The normalized spacial score (nSPS) is 46.5. The minimum absolute atomic E-state index is 0.0145. The van der Waals surface area contributed by atoms with E-state index in [4.69, 9.17) is 4.74 Å². The number of hydrogen-bond donors (Lipinski definition) is 0. The first-order valence-corrected chi connectivity index (χ1v) is 18.8. The molecule has 248 valence electrons. The fourth-order valence-electron chi connectivity index (χ4n) is 14.0. The largest absolute Gasteiger partial charge is 0.462 e. The first-order valence-electron chi connectivity index (χ1n) is 18.8. The molecule has 0 saturated heterocycles. The predicted molar refractivity (Wildman–Crippen MR) is 176 cm³/mol. The van der Waals surface area contributed by atoms with Gasteiger partial charge in [0, 0.05) is 23.7 Å². The lowest BCUT2D eigenvalue weighted by Crippen LogP contribution is -2.67. The van der Waals surface area contributed by atoms with Crippen LogP contribution in [0.2, 0.25) is 0 Å². The number of ketones is 2. The van der Waals surface area contributed by atoms with E-state index in [9.17, 15) is 14.4 Å². The van der Waals surface area contributed by atoms with E-state index >= 15 is 0 Å². The van der Waals surface area contributed by atoms with Crippen molar-refractivity contribution in [2.45, 2.75) is 164 Å². The molecule has 0 N–H and O–H groups in total. The molecule has 6 aliphatic rings. The van der Waals surface area contributed by atoms with Gasteiger partial charge in [-0.1, -0.05) is 61.3 Å². The zero-order valence-corrected chi connectivity index (χ0v) is 29.6. The highest BCUT2D eigenvalue weighted by atomic mass is 16.5. The number of Topliss-reactive ketones (excluding diaryl/α,β-unsaturated/α-hetero) is 2. The lowest BCUT2D eigenvalue weighted by atomic mass is 9.32. The summed E-state index contributed by atoms with van der Waals surface area (Å²) in [7, 11) is 0. The Morgan fingerprint density at radius 1 is 0.727 bits per heavy atom. The zero-order chi connectivity index (χ0) is 31.9. The fourth-order valence-corrected chi connectivity index (χ4v) is 14.0. The summed E-state index contributed by atoms with van der Waals surface area (Å²) >= 11 is 0. The molecule has 0 heterocycles. The van der Waals surface area contributed by atoms with Gasteiger partial charge in [-0.2, -0.15) is 0 Å². The Morgan fingerprint density at radius 3 is 2.09 bits per heavy atom. The Labute approximate surface area is 269 Å². The standard InChI is InChI=1S/C40H64O4/c1-25(2)28-17-22-40(32(42)16-13-26(3)41)24-23-38(7)29(34(28)40)14-15-31-37(6)20-19-33(44-35(43)27-11-9-10-12-27)36(4,5)30(37)18-21-39(31,38)8/h25,27-31,33-34H,9-24H2,1-8H3/t28?,29?,30?,31?,33-,34?,37+,38-,39-,40-/m1/s1. The van der Waals surface area contributed by atoms with E-state index < -0.39 is 0 Å². The van der Waals surface area contributed by atoms with Gasteiger partial charge in [-0.05, 0) is 136 Å². The summed E-state index contributed by atoms with van der Waals surface area (Å²) in [6.07, 6.45) is 16.8. The van der Waals surface area contributed by atoms with E-state index in [2.05, 4.69) is 48.5 Å². The van der Waals surface area contributed by atoms with Crippen molar-refractivity contribution < 1.29 is 19.1 Å². The average molecular weight is 609 g/mol. The van der Waals surface area contributed by atoms with Crippen LogP contribution >= 0.6 is 0 Å². The minimum atomic E-state index is -0.206. The first-order chi connectivity index (χ1) is 20.6. The molecule has 44 heavy (non-hydrogen) atoms. The monoisotopic (exact) mass is 608 g/mol. The van der Waals surface area contributed by atoms with Crippen LogP contribution in [0.25, 0.3) is 0 Å². The molecule has 6 rings (SSSR count). The number of ether oxygens (including phenoxy) is 1. The molecule has 0 spiro atoms. The lowest BCUT2D eigenvalue weighted by Gasteiger charge is -2.73. The fraction of sp³-hybridized carbons (Fsp3) is 0.925. The minimum Gasteiger partial charge on any atom is -0.462 e. The number of carbonyl (C=O) groups excluding carboxylic acids is 3. The first kappa shape index (κ1) is 32.7. The van der Waals surface area contributed by atoms with Gasteiger partial charge in [0.15, 0.2) is 0 Å². The molecule has 0 aromatic carbocycles. The number of hydrogen-bond acceptors (Lipinski definition) is 4. The smallest absolute Gasteiger partial charge is 0.309 e. The van der Waals surface area contributed by atoms with Gasteiger partial charge >= 0.3 is 5.97 Å². The highest BCUT2D eigenvalue weighted by molar-refractivity contribution is 5.89. The molecule has 5 unspecified atom stereocenters. The van der Waals surface area contributed by atoms with Gasteiger partial charge in [0.05, 0.1) is 5.92 Å². The van der Waals surface area contributed by atoms with Gasteiger partial charge in [0.2, 0.25) is 0 Å². The molecule has 0 bridgehead atoms. The van der Waals surface area contributed by atoms with Crippen LogP contribution in [0.3, 0.4) is 0 Å². The Hall–Kier alpha value is -1.19. The molecule has 4 heteroatoms. The van der Waals surface area contributed by atoms with Crippen molar-refractivity contribution in [2.24, 2.45) is 68.5 Å². The van der Waals surface area contributed by atoms with Crippen LogP contribution in [0.15, 0.2) is 0 Å². The lowest BCUT2D eigenvalue weighted by molar-refractivity contribution is -0.250. The summed E-state index contributed by atoms with van der Waals surface area (Å²) in [6, 6.07) is 0. The van der Waals surface area contributed by atoms with E-state index in [-0.39, 0.29) is 50.8 Å². The molecule has 6 saturated carbocycles. The van der Waals surface area contributed by atoms with Crippen LogP contribution in [-0.2, 0) is 19.1 Å². The Bertz CT molecular complexity index is 1150. The average Bonchev–Trinajstić information content (AvgIpc) is 3.63. The summed E-state index contributed by atoms with van der Waals surface area (Å²) < 4.78 is 6.41. The van der Waals surface area contributed by atoms with E-state index in [0.29, 0.717) is 54.1 Å². The van der Waals surface area contributed by atoms with Crippen LogP contribution in [0.4, 0.5) is 0 Å². The number of fused-ring (bicyclic) bond motifs is 7. The molecule has 10 atom stereocenters. The molecule has 6 fully saturated rings. The van der Waals surface area contributed by atoms with Gasteiger partial charge in [-0.15, -0.1) is 0 Å². The second kappa shape index (κ2) is 11.2. The third-order valence-corrected chi connectivity index (χ3v) is 16.5. The molecule has 0 radical (unpaired) electrons. The maximum absolute atomic E-state index is 14.1. The van der Waals surface area contributed by atoms with Crippen molar-refractivity contribution in [3.8, 4) is 0 Å². The van der Waals surface area contributed by atoms with Crippen LogP contribution in [0, 0.1) is 68.5 Å². The van der Waals surface area contributed by atoms with Crippen molar-refractivity contribution in [2.75, 3.05) is 0 Å². The predicted octanol–water partition coefficient (Wildman–Crippen LogP) is 9.76. The van der Waals surface area contributed by atoms with Gasteiger partial charge in [0.25, 0.3) is 0 Å². The van der Waals surface area contributed by atoms with Crippen molar-refractivity contribution in [1.82, 2.24) is 0 Å². The molecule has 4 nitrogen and oxygen atoms in total. The van der Waals surface area contributed by atoms with Crippen molar-refractivity contribution in [1.29, 1.82) is 0 Å². The Morgan fingerprint density at radius 2 is 1.43 bits per heavy atom. The van der Waals surface area contributed by atoms with Gasteiger partial charge in [-0.3, -0.25) is 9.59 Å². The summed E-state index contributed by atoms with van der Waals surface area (Å²) in [5, 5.41) is 0. The molecule has 6 aliphatic carbocycles. The third-order valence-electron chi connectivity index (χ3n) is 16.5. The number of carbonyl (C=O) groups is 3. The van der Waals surface area contributed by atoms with Gasteiger partial charge in [-0.25, -0.2) is 0 Å². The number of rotatable bonds is 7. The summed E-state index contributed by atoms with van der Waals surface area (Å²) in [4.78, 5) is 39.2. The molecular formula is C40H64O4. The third kappa shape index (κ3) is 4.66. The van der Waals surface area contributed by atoms with Gasteiger partial charge in [0.1, 0.15) is 17.7 Å². The van der Waals surface area contributed by atoms with Crippen LogP contribution in [0.1, 0.15) is 158 Å². The maximum atomic E-state index is 14.1. The second-order valence-corrected chi connectivity index (χ2v) is 18.7. The highest BCUT2D eigenvalue weighted by Gasteiger charge is 2.72. The Balaban J connectivity index is 1.28. The van der Waals surface area contributed by atoms with Gasteiger partial charge < -0.3 is 9.53 Å². The van der Waals surface area contributed by atoms with E-state index in [1.54, 1.807) is 6.92 Å². The van der Waals surface area contributed by atoms with Crippen molar-refractivity contribution >= 4 is 17.5 Å².